The van der Waals surface area contributed by atoms with Gasteiger partial charge in [0.2, 0.25) is 0 Å². The molecule has 0 radical (unpaired) electrons. The molecule has 106 valence electrons. The van der Waals surface area contributed by atoms with Crippen molar-refractivity contribution < 1.29 is 5.11 Å². The van der Waals surface area contributed by atoms with Crippen molar-refractivity contribution >= 4 is 15.9 Å². The summed E-state index contributed by atoms with van der Waals surface area (Å²) in [6.45, 7) is 3.60. The van der Waals surface area contributed by atoms with Crippen molar-refractivity contribution in [2.24, 2.45) is 5.92 Å². The second-order valence-electron chi connectivity index (χ2n) is 5.32. The van der Waals surface area contributed by atoms with E-state index in [9.17, 15) is 0 Å². The van der Waals surface area contributed by atoms with Gasteiger partial charge >= 0.3 is 0 Å². The van der Waals surface area contributed by atoms with E-state index in [4.69, 9.17) is 5.11 Å². The number of likely N-dealkylation sites (tertiary alicyclic amines) is 1. The largest absolute Gasteiger partial charge is 0.396 e. The maximum absolute atomic E-state index is 9.17. The molecule has 2 atom stereocenters. The van der Waals surface area contributed by atoms with Crippen LogP contribution in [-0.2, 0) is 0 Å². The molecule has 0 spiro atoms. The predicted molar refractivity (Wildman–Crippen MR) is 82.2 cm³/mol. The molecule has 1 aliphatic heterocycles. The summed E-state index contributed by atoms with van der Waals surface area (Å²) in [6, 6.07) is 8.94. The number of benzene rings is 1. The smallest absolute Gasteiger partial charge is 0.0471 e. The van der Waals surface area contributed by atoms with Gasteiger partial charge in [-0.25, -0.2) is 0 Å². The monoisotopic (exact) mass is 326 g/mol. The molecule has 0 aromatic heterocycles. The van der Waals surface area contributed by atoms with E-state index in [2.05, 4.69) is 50.4 Å². The molecule has 0 amide bonds. The second-order valence-corrected chi connectivity index (χ2v) is 6.24. The van der Waals surface area contributed by atoms with Crippen molar-refractivity contribution in [1.29, 1.82) is 0 Å². The molecular weight excluding hydrogens is 304 g/mol. The summed E-state index contributed by atoms with van der Waals surface area (Å²) >= 11 is 3.47. The Labute approximate surface area is 124 Å². The molecule has 2 rings (SSSR count). The molecule has 0 saturated carbocycles. The third-order valence-electron chi connectivity index (χ3n) is 3.98. The lowest BCUT2D eigenvalue weighted by atomic mass is 10.0. The van der Waals surface area contributed by atoms with Crippen LogP contribution in [0.2, 0.25) is 0 Å². The Kier molecular flexibility index (Phi) is 5.82. The van der Waals surface area contributed by atoms with E-state index < -0.39 is 0 Å². The maximum atomic E-state index is 9.17. The normalized spacial score (nSPS) is 21.7. The quantitative estimate of drug-likeness (QED) is 0.842. The molecule has 2 unspecified atom stereocenters. The van der Waals surface area contributed by atoms with Gasteiger partial charge in [-0.15, -0.1) is 0 Å². The fraction of sp³-hybridized carbons (Fsp3) is 0.600. The fourth-order valence-corrected chi connectivity index (χ4v) is 3.01. The van der Waals surface area contributed by atoms with Crippen LogP contribution < -0.4 is 5.32 Å². The molecule has 1 aliphatic rings. The molecule has 3 nitrogen and oxygen atoms in total. The zero-order valence-electron chi connectivity index (χ0n) is 11.5. The summed E-state index contributed by atoms with van der Waals surface area (Å²) in [5.74, 6) is 0.487. The summed E-state index contributed by atoms with van der Waals surface area (Å²) in [6.07, 6.45) is 2.25. The van der Waals surface area contributed by atoms with Crippen LogP contribution >= 0.6 is 15.9 Å². The summed E-state index contributed by atoms with van der Waals surface area (Å²) in [7, 11) is 2.02. The van der Waals surface area contributed by atoms with Crippen LogP contribution in [0.15, 0.2) is 28.7 Å². The highest BCUT2D eigenvalue weighted by Crippen LogP contribution is 2.22. The van der Waals surface area contributed by atoms with Crippen molar-refractivity contribution in [2.75, 3.05) is 33.3 Å². The number of nitrogens with one attached hydrogen (secondary N) is 1. The van der Waals surface area contributed by atoms with Gasteiger partial charge in [-0.05, 0) is 56.6 Å². The highest BCUT2D eigenvalue weighted by molar-refractivity contribution is 9.10. The Bertz CT molecular complexity index is 382. The highest BCUT2D eigenvalue weighted by Gasteiger charge is 2.22. The van der Waals surface area contributed by atoms with Crippen molar-refractivity contribution in [3.63, 3.8) is 0 Å². The van der Waals surface area contributed by atoms with Gasteiger partial charge in [-0.3, -0.25) is 0 Å². The minimum atomic E-state index is 0.332. The van der Waals surface area contributed by atoms with Crippen molar-refractivity contribution in [2.45, 2.75) is 18.9 Å². The first kappa shape index (κ1) is 15.0. The molecule has 4 heteroatoms. The molecule has 0 aliphatic carbocycles. The standard InChI is InChI=1S/C15H23BrN2O/c1-17-15(13-2-4-14(16)5-3-13)7-9-18-8-6-12(10-18)11-19/h2-5,12,15,17,19H,6-11H2,1H3. The number of aliphatic hydroxyl groups excluding tert-OH is 1. The van der Waals surface area contributed by atoms with E-state index in [1.807, 2.05) is 7.05 Å². The average molecular weight is 327 g/mol. The van der Waals surface area contributed by atoms with E-state index >= 15 is 0 Å². The zero-order valence-corrected chi connectivity index (χ0v) is 13.1. The van der Waals surface area contributed by atoms with E-state index in [1.165, 1.54) is 5.56 Å². The van der Waals surface area contributed by atoms with E-state index in [-0.39, 0.29) is 0 Å². The van der Waals surface area contributed by atoms with Crippen LogP contribution in [0.3, 0.4) is 0 Å². The Morgan fingerprint density at radius 3 is 2.74 bits per heavy atom. The first-order chi connectivity index (χ1) is 9.22. The Balaban J connectivity index is 1.84. The number of hydrogen-bond donors (Lipinski definition) is 2. The first-order valence-corrected chi connectivity index (χ1v) is 7.78. The molecule has 1 heterocycles. The number of nitrogens with zero attached hydrogens (tertiary/aromatic N) is 1. The lowest BCUT2D eigenvalue weighted by Crippen LogP contribution is -2.27. The van der Waals surface area contributed by atoms with E-state index in [0.29, 0.717) is 18.6 Å². The minimum Gasteiger partial charge on any atom is -0.396 e. The van der Waals surface area contributed by atoms with Gasteiger partial charge < -0.3 is 15.3 Å². The summed E-state index contributed by atoms with van der Waals surface area (Å²) < 4.78 is 1.12. The van der Waals surface area contributed by atoms with Crippen LogP contribution in [0.4, 0.5) is 0 Å². The number of halogens is 1. The third kappa shape index (κ3) is 4.28. The van der Waals surface area contributed by atoms with Crippen LogP contribution in [0.25, 0.3) is 0 Å². The summed E-state index contributed by atoms with van der Waals surface area (Å²) in [4.78, 5) is 2.46. The van der Waals surface area contributed by atoms with Gasteiger partial charge in [0.1, 0.15) is 0 Å². The molecule has 0 bridgehead atoms. The Morgan fingerprint density at radius 2 is 2.16 bits per heavy atom. The van der Waals surface area contributed by atoms with Gasteiger partial charge in [0.05, 0.1) is 0 Å². The molecule has 2 N–H and O–H groups in total. The van der Waals surface area contributed by atoms with E-state index in [0.717, 1.165) is 36.9 Å². The van der Waals surface area contributed by atoms with Crippen LogP contribution in [0.5, 0.6) is 0 Å². The average Bonchev–Trinajstić information content (AvgIpc) is 2.89. The van der Waals surface area contributed by atoms with Crippen molar-refractivity contribution in [1.82, 2.24) is 10.2 Å². The third-order valence-corrected chi connectivity index (χ3v) is 4.51. The molecule has 19 heavy (non-hydrogen) atoms. The highest BCUT2D eigenvalue weighted by atomic mass is 79.9. The fourth-order valence-electron chi connectivity index (χ4n) is 2.75. The summed E-state index contributed by atoms with van der Waals surface area (Å²) in [5, 5.41) is 12.6. The molecular formula is C15H23BrN2O. The van der Waals surface area contributed by atoms with E-state index in [1.54, 1.807) is 0 Å². The number of hydrogen-bond acceptors (Lipinski definition) is 3. The van der Waals surface area contributed by atoms with Gasteiger partial charge in [-0.1, -0.05) is 28.1 Å². The van der Waals surface area contributed by atoms with Gasteiger partial charge in [0, 0.05) is 23.7 Å². The number of aliphatic hydroxyl groups is 1. The predicted octanol–water partition coefficient (Wildman–Crippen LogP) is 2.41. The van der Waals surface area contributed by atoms with Crippen LogP contribution in [0, 0.1) is 5.92 Å². The van der Waals surface area contributed by atoms with Crippen molar-refractivity contribution in [3.05, 3.63) is 34.3 Å². The van der Waals surface area contributed by atoms with Crippen LogP contribution in [-0.4, -0.2) is 43.3 Å². The lowest BCUT2D eigenvalue weighted by molar-refractivity contribution is 0.219. The van der Waals surface area contributed by atoms with Gasteiger partial charge in [0.25, 0.3) is 0 Å². The molecule has 1 fully saturated rings. The molecule has 1 aromatic carbocycles. The SMILES string of the molecule is CNC(CCN1CCC(CO)C1)c1ccc(Br)cc1. The zero-order chi connectivity index (χ0) is 13.7. The minimum absolute atomic E-state index is 0.332. The van der Waals surface area contributed by atoms with Gasteiger partial charge in [0.15, 0.2) is 0 Å². The maximum Gasteiger partial charge on any atom is 0.0471 e. The lowest BCUT2D eigenvalue weighted by Gasteiger charge is -2.21. The molecule has 1 aromatic rings. The topological polar surface area (TPSA) is 35.5 Å². The first-order valence-electron chi connectivity index (χ1n) is 6.99. The number of rotatable bonds is 6. The second kappa shape index (κ2) is 7.39. The molecule has 1 saturated heterocycles. The van der Waals surface area contributed by atoms with Crippen molar-refractivity contribution in [3.8, 4) is 0 Å². The summed E-state index contributed by atoms with van der Waals surface area (Å²) in [5.41, 5.74) is 1.34. The van der Waals surface area contributed by atoms with Gasteiger partial charge in [-0.2, -0.15) is 0 Å². The van der Waals surface area contributed by atoms with Crippen LogP contribution in [0.1, 0.15) is 24.4 Å². The Hall–Kier alpha value is -0.420. The Morgan fingerprint density at radius 1 is 1.42 bits per heavy atom.